The van der Waals surface area contributed by atoms with Crippen LogP contribution in [0.4, 0.5) is 10.1 Å². The molecule has 1 fully saturated rings. The number of likely N-dealkylation sites (N-methyl/N-ethyl adjacent to an activating group) is 1. The van der Waals surface area contributed by atoms with E-state index in [1.54, 1.807) is 14.0 Å². The van der Waals surface area contributed by atoms with E-state index in [1.165, 1.54) is 17.0 Å². The molecule has 0 bridgehead atoms. The lowest BCUT2D eigenvalue weighted by Gasteiger charge is -2.41. The first kappa shape index (κ1) is 30.0. The van der Waals surface area contributed by atoms with Crippen molar-refractivity contribution in [2.45, 2.75) is 39.8 Å². The van der Waals surface area contributed by atoms with Gasteiger partial charge in [-0.3, -0.25) is 9.69 Å². The van der Waals surface area contributed by atoms with Crippen LogP contribution in [-0.4, -0.2) is 81.3 Å². The molecule has 2 aliphatic heterocycles. The van der Waals surface area contributed by atoms with Gasteiger partial charge in [-0.1, -0.05) is 11.6 Å². The number of hydrogen-bond donors (Lipinski definition) is 0. The largest absolute Gasteiger partial charge is 0.462 e. The van der Waals surface area contributed by atoms with E-state index in [0.29, 0.717) is 24.2 Å². The number of rotatable bonds is 6. The number of halogens is 2. The molecule has 1 aromatic heterocycles. The van der Waals surface area contributed by atoms with Gasteiger partial charge in [-0.25, -0.2) is 14.0 Å². The minimum atomic E-state index is -1.00. The predicted molar refractivity (Wildman–Crippen MR) is 158 cm³/mol. The fourth-order valence-corrected chi connectivity index (χ4v) is 6.28. The van der Waals surface area contributed by atoms with Crippen molar-refractivity contribution in [2.24, 2.45) is 0 Å². The summed E-state index contributed by atoms with van der Waals surface area (Å²) in [4.78, 5) is 44.8. The van der Waals surface area contributed by atoms with E-state index in [1.807, 2.05) is 13.8 Å². The monoisotopic (exact) mass is 599 g/mol. The third-order valence-corrected chi connectivity index (χ3v) is 8.73. The first-order valence-corrected chi connectivity index (χ1v) is 14.4. The van der Waals surface area contributed by atoms with Gasteiger partial charge in [0.25, 0.3) is 5.91 Å². The number of piperazine rings is 1. The lowest BCUT2D eigenvalue weighted by atomic mass is 9.92. The number of hydrogen-bond acceptors (Lipinski definition) is 8. The van der Waals surface area contributed by atoms with E-state index in [4.69, 9.17) is 25.5 Å². The average molecular weight is 600 g/mol. The van der Waals surface area contributed by atoms with Crippen molar-refractivity contribution >= 4 is 40.1 Å². The van der Waals surface area contributed by atoms with Gasteiger partial charge in [0.05, 0.1) is 47.5 Å². The molecule has 1 saturated heterocycles. The third kappa shape index (κ3) is 5.27. The number of carbonyl (C=O) groups is 2. The van der Waals surface area contributed by atoms with Gasteiger partial charge in [-0.15, -0.1) is 0 Å². The number of fused-ring (bicyclic) bond motifs is 3. The maximum Gasteiger partial charge on any atom is 0.341 e. The van der Waals surface area contributed by atoms with Crippen molar-refractivity contribution in [3.8, 4) is 0 Å². The molecule has 9 nitrogen and oxygen atoms in total. The molecule has 2 aromatic carbocycles. The van der Waals surface area contributed by atoms with Gasteiger partial charge in [0.2, 0.25) is 0 Å². The molecule has 0 radical (unpaired) electrons. The minimum Gasteiger partial charge on any atom is -0.462 e. The first-order valence-electron chi connectivity index (χ1n) is 14.0. The molecule has 0 spiro atoms. The van der Waals surface area contributed by atoms with E-state index in [9.17, 15) is 14.4 Å². The highest BCUT2D eigenvalue weighted by atomic mass is 35.5. The summed E-state index contributed by atoms with van der Waals surface area (Å²) in [5, 5.41) is 0.409. The van der Waals surface area contributed by atoms with Crippen LogP contribution in [0.2, 0.25) is 5.02 Å². The Morgan fingerprint density at radius 3 is 2.60 bits per heavy atom. The maximum atomic E-state index is 15.1. The van der Waals surface area contributed by atoms with Gasteiger partial charge < -0.3 is 23.7 Å². The van der Waals surface area contributed by atoms with Gasteiger partial charge in [0.15, 0.2) is 5.82 Å². The number of ether oxygens (including phenoxy) is 2. The molecule has 1 amide bonds. The molecular weight excluding hydrogens is 565 g/mol. The van der Waals surface area contributed by atoms with Crippen molar-refractivity contribution in [1.29, 1.82) is 0 Å². The molecule has 3 aromatic rings. The Kier molecular flexibility index (Phi) is 8.59. The Balaban J connectivity index is 1.46. The average Bonchev–Trinajstić information content (AvgIpc) is 2.97. The second-order valence-corrected chi connectivity index (χ2v) is 11.3. The van der Waals surface area contributed by atoms with E-state index >= 15 is 4.39 Å². The van der Waals surface area contributed by atoms with Crippen LogP contribution >= 0.6 is 11.6 Å². The van der Waals surface area contributed by atoms with Crippen LogP contribution in [0.1, 0.15) is 49.9 Å². The summed E-state index contributed by atoms with van der Waals surface area (Å²) in [5.41, 5.74) is 3.76. The van der Waals surface area contributed by atoms with Crippen molar-refractivity contribution in [1.82, 2.24) is 9.80 Å². The van der Waals surface area contributed by atoms with Crippen molar-refractivity contribution < 1.29 is 27.9 Å². The molecule has 1 atom stereocenters. The van der Waals surface area contributed by atoms with Crippen LogP contribution in [0.15, 0.2) is 27.4 Å². The second kappa shape index (κ2) is 12.0. The Morgan fingerprint density at radius 1 is 1.14 bits per heavy atom. The maximum absolute atomic E-state index is 15.1. The van der Waals surface area contributed by atoms with Gasteiger partial charge in [0.1, 0.15) is 5.58 Å². The lowest BCUT2D eigenvalue weighted by molar-refractivity contribution is 0.0525. The Bertz CT molecular complexity index is 1620. The fraction of sp³-hybridized carbons (Fsp3) is 0.452. The van der Waals surface area contributed by atoms with E-state index < -0.39 is 28.3 Å². The van der Waals surface area contributed by atoms with E-state index in [-0.39, 0.29) is 36.9 Å². The summed E-state index contributed by atoms with van der Waals surface area (Å²) >= 11 is 6.09. The van der Waals surface area contributed by atoms with Gasteiger partial charge >= 0.3 is 11.6 Å². The zero-order chi connectivity index (χ0) is 30.3. The number of methoxy groups -OCH3 is 1. The molecule has 0 N–H and O–H groups in total. The molecule has 0 aliphatic carbocycles. The summed E-state index contributed by atoms with van der Waals surface area (Å²) in [7, 11) is 3.80. The molecule has 42 heavy (non-hydrogen) atoms. The molecule has 0 saturated carbocycles. The number of amides is 1. The van der Waals surface area contributed by atoms with E-state index in [0.717, 1.165) is 47.4 Å². The number of nitrogens with zero attached hydrogens (tertiary/aromatic N) is 3. The number of benzene rings is 2. The molecule has 3 heterocycles. The molecule has 11 heteroatoms. The van der Waals surface area contributed by atoms with Crippen LogP contribution in [-0.2, 0) is 22.4 Å². The van der Waals surface area contributed by atoms with Crippen LogP contribution in [0.3, 0.4) is 0 Å². The summed E-state index contributed by atoms with van der Waals surface area (Å²) in [6, 6.07) is 4.89. The van der Waals surface area contributed by atoms with Crippen molar-refractivity contribution in [2.75, 3.05) is 58.5 Å². The summed E-state index contributed by atoms with van der Waals surface area (Å²) in [6.45, 7) is 9.12. The first-order chi connectivity index (χ1) is 20.1. The number of anilines is 1. The molecule has 2 aliphatic rings. The Hall–Kier alpha value is -3.47. The summed E-state index contributed by atoms with van der Waals surface area (Å²) in [5.74, 6) is -2.40. The quantitative estimate of drug-likeness (QED) is 0.305. The van der Waals surface area contributed by atoms with Gasteiger partial charge in [-0.2, -0.15) is 0 Å². The molecule has 5 rings (SSSR count). The minimum absolute atomic E-state index is 0.0273. The van der Waals surface area contributed by atoms with Crippen molar-refractivity contribution in [3.63, 3.8) is 0 Å². The third-order valence-electron chi connectivity index (χ3n) is 8.36. The Labute approximate surface area is 248 Å². The van der Waals surface area contributed by atoms with E-state index in [2.05, 4.69) is 22.9 Å². The molecule has 0 unspecified atom stereocenters. The van der Waals surface area contributed by atoms with Gasteiger partial charge in [0, 0.05) is 49.9 Å². The zero-order valence-electron chi connectivity index (χ0n) is 24.5. The molecule has 224 valence electrons. The number of esters is 1. The smallest absolute Gasteiger partial charge is 0.341 e. The summed E-state index contributed by atoms with van der Waals surface area (Å²) < 4.78 is 31.4. The SMILES string of the molecule is CCOC(=O)c1ccc(C(=O)N2CCc3c(c(=O)oc4c(C)c(N5CCN(C)[C@@H](COC)C5)cc(C)c34)C2)c(F)c1Cl. The zero-order valence-corrected chi connectivity index (χ0v) is 25.3. The van der Waals surface area contributed by atoms with Crippen LogP contribution in [0.25, 0.3) is 11.0 Å². The van der Waals surface area contributed by atoms with Gasteiger partial charge in [-0.05, 0) is 63.6 Å². The Morgan fingerprint density at radius 2 is 1.88 bits per heavy atom. The highest BCUT2D eigenvalue weighted by Crippen LogP contribution is 2.36. The van der Waals surface area contributed by atoms with Crippen LogP contribution in [0, 0.1) is 19.7 Å². The highest BCUT2D eigenvalue weighted by molar-refractivity contribution is 6.34. The lowest BCUT2D eigenvalue weighted by Crippen LogP contribution is -2.53. The highest BCUT2D eigenvalue weighted by Gasteiger charge is 2.32. The predicted octanol–water partition coefficient (Wildman–Crippen LogP) is 4.34. The fourth-order valence-electron chi connectivity index (χ4n) is 6.04. The van der Waals surface area contributed by atoms with Crippen LogP contribution < -0.4 is 10.5 Å². The normalized spacial score (nSPS) is 17.5. The standard InChI is InChI=1S/C31H35ClFN3O6/c1-6-41-30(38)21-7-8-22(27(33)26(21)32)29(37)36-10-9-20-23(15-36)31(39)42-28-18(3)24(13-17(2)25(20)28)35-12-11-34(4)19(14-35)16-40-5/h7-8,13,19H,6,9-12,14-16H2,1-5H3/t19-/m1/s1. The number of aryl methyl sites for hydroxylation is 2. The summed E-state index contributed by atoms with van der Waals surface area (Å²) in [6.07, 6.45) is 0.406. The van der Waals surface area contributed by atoms with Crippen molar-refractivity contribution in [3.05, 3.63) is 72.8 Å². The van der Waals surface area contributed by atoms with Crippen LogP contribution in [0.5, 0.6) is 0 Å². The second-order valence-electron chi connectivity index (χ2n) is 10.9. The topological polar surface area (TPSA) is 92.5 Å². The molecular formula is C31H35ClFN3O6. The number of carbonyl (C=O) groups excluding carboxylic acids is 2.